The number of rotatable bonds is 6. The van der Waals surface area contributed by atoms with Crippen LogP contribution in [0.5, 0.6) is 5.75 Å². The van der Waals surface area contributed by atoms with Crippen molar-refractivity contribution >= 4 is 17.5 Å². The van der Waals surface area contributed by atoms with Crippen LogP contribution < -0.4 is 9.64 Å². The number of β-amino-alcohol motifs (C(OH)–C–C–N with tert-alkyl or cyclic N) is 1. The molecule has 0 spiro atoms. The molecular weight excluding hydrogens is 406 g/mol. The van der Waals surface area contributed by atoms with E-state index in [0.717, 1.165) is 42.8 Å². The molecule has 2 heterocycles. The van der Waals surface area contributed by atoms with Gasteiger partial charge in [0.05, 0.1) is 25.0 Å². The summed E-state index contributed by atoms with van der Waals surface area (Å²) in [6.07, 6.45) is 2.36. The lowest BCUT2D eigenvalue weighted by Gasteiger charge is -2.35. The Kier molecular flexibility index (Phi) is 7.07. The largest absolute Gasteiger partial charge is 0.497 e. The van der Waals surface area contributed by atoms with Crippen molar-refractivity contribution in [1.29, 1.82) is 0 Å². The van der Waals surface area contributed by atoms with E-state index < -0.39 is 0 Å². The molecule has 2 aromatic carbocycles. The molecule has 0 aromatic heterocycles. The number of anilines is 1. The van der Waals surface area contributed by atoms with E-state index in [9.17, 15) is 14.7 Å². The molecule has 0 bridgehead atoms. The molecule has 2 aliphatic heterocycles. The van der Waals surface area contributed by atoms with Gasteiger partial charge in [-0.15, -0.1) is 0 Å². The number of ether oxygens (including phenoxy) is 1. The van der Waals surface area contributed by atoms with Gasteiger partial charge < -0.3 is 19.6 Å². The summed E-state index contributed by atoms with van der Waals surface area (Å²) in [4.78, 5) is 32.1. The minimum Gasteiger partial charge on any atom is -0.497 e. The minimum absolute atomic E-state index is 0.0441. The molecule has 7 nitrogen and oxygen atoms in total. The second-order valence-electron chi connectivity index (χ2n) is 8.32. The van der Waals surface area contributed by atoms with Crippen molar-refractivity contribution in [2.45, 2.75) is 19.3 Å². The lowest BCUT2D eigenvalue weighted by Crippen LogP contribution is -2.49. The van der Waals surface area contributed by atoms with Crippen molar-refractivity contribution in [2.24, 2.45) is 0 Å². The number of carbonyl (C=O) groups excluding carboxylic acids is 2. The maximum atomic E-state index is 13.6. The van der Waals surface area contributed by atoms with Crippen LogP contribution in [0.1, 0.15) is 29.6 Å². The monoisotopic (exact) mass is 437 g/mol. The molecule has 0 unspecified atom stereocenters. The normalized spacial score (nSPS) is 17.5. The first-order valence-electron chi connectivity index (χ1n) is 11.3. The molecule has 7 heteroatoms. The van der Waals surface area contributed by atoms with Crippen LogP contribution in [0.15, 0.2) is 42.5 Å². The van der Waals surface area contributed by atoms with Crippen molar-refractivity contribution < 1.29 is 19.4 Å². The van der Waals surface area contributed by atoms with Crippen molar-refractivity contribution in [2.75, 3.05) is 57.9 Å². The van der Waals surface area contributed by atoms with Crippen LogP contribution in [-0.2, 0) is 4.79 Å². The highest BCUT2D eigenvalue weighted by molar-refractivity contribution is 6.06. The summed E-state index contributed by atoms with van der Waals surface area (Å²) in [5.41, 5.74) is 3.20. The average molecular weight is 438 g/mol. The Bertz CT molecular complexity index is 952. The fraction of sp³-hybridized carbons (Fsp3) is 0.440. The molecule has 4 rings (SSSR count). The number of amides is 2. The first-order chi connectivity index (χ1) is 15.6. The SMILES string of the molecule is COc1ccc(-c2ccc(N3CCCCC3=O)c(C(=O)N3CCN(CCO)CC3)c2)cc1. The van der Waals surface area contributed by atoms with E-state index in [4.69, 9.17) is 4.74 Å². The summed E-state index contributed by atoms with van der Waals surface area (Å²) in [6.45, 7) is 4.09. The topological polar surface area (TPSA) is 73.3 Å². The summed E-state index contributed by atoms with van der Waals surface area (Å²) in [5, 5.41) is 9.18. The molecule has 2 aromatic rings. The van der Waals surface area contributed by atoms with Crippen molar-refractivity contribution in [3.05, 3.63) is 48.0 Å². The number of aliphatic hydroxyl groups excluding tert-OH is 1. The molecule has 0 aliphatic carbocycles. The number of nitrogens with zero attached hydrogens (tertiary/aromatic N) is 3. The lowest BCUT2D eigenvalue weighted by atomic mass is 9.99. The highest BCUT2D eigenvalue weighted by Crippen LogP contribution is 2.32. The van der Waals surface area contributed by atoms with Gasteiger partial charge in [0, 0.05) is 45.7 Å². The maximum Gasteiger partial charge on any atom is 0.256 e. The second kappa shape index (κ2) is 10.1. The fourth-order valence-electron chi connectivity index (χ4n) is 4.45. The predicted octanol–water partition coefficient (Wildman–Crippen LogP) is 2.63. The minimum atomic E-state index is -0.0441. The highest BCUT2D eigenvalue weighted by atomic mass is 16.5. The van der Waals surface area contributed by atoms with E-state index in [0.29, 0.717) is 43.9 Å². The van der Waals surface area contributed by atoms with Gasteiger partial charge in [-0.1, -0.05) is 18.2 Å². The molecule has 0 radical (unpaired) electrons. The summed E-state index contributed by atoms with van der Waals surface area (Å²) < 4.78 is 5.26. The number of hydrogen-bond acceptors (Lipinski definition) is 5. The van der Waals surface area contributed by atoms with Gasteiger partial charge in [-0.2, -0.15) is 0 Å². The Morgan fingerprint density at radius 3 is 2.34 bits per heavy atom. The number of piperidine rings is 1. The van der Waals surface area contributed by atoms with Gasteiger partial charge in [0.15, 0.2) is 0 Å². The third-order valence-corrected chi connectivity index (χ3v) is 6.34. The summed E-state index contributed by atoms with van der Waals surface area (Å²) >= 11 is 0. The van der Waals surface area contributed by atoms with E-state index in [-0.39, 0.29) is 18.4 Å². The van der Waals surface area contributed by atoms with Crippen molar-refractivity contribution in [1.82, 2.24) is 9.80 Å². The van der Waals surface area contributed by atoms with Crippen LogP contribution in [-0.4, -0.2) is 79.7 Å². The summed E-state index contributed by atoms with van der Waals surface area (Å²) in [6, 6.07) is 13.6. The van der Waals surface area contributed by atoms with Crippen molar-refractivity contribution in [3.8, 4) is 16.9 Å². The van der Waals surface area contributed by atoms with Crippen LogP contribution in [0.4, 0.5) is 5.69 Å². The molecule has 2 saturated heterocycles. The quantitative estimate of drug-likeness (QED) is 0.752. The number of hydrogen-bond donors (Lipinski definition) is 1. The third kappa shape index (κ3) is 4.79. The van der Waals surface area contributed by atoms with Gasteiger partial charge in [-0.25, -0.2) is 0 Å². The van der Waals surface area contributed by atoms with Gasteiger partial charge in [0.25, 0.3) is 5.91 Å². The summed E-state index contributed by atoms with van der Waals surface area (Å²) in [5.74, 6) is 0.814. The van der Waals surface area contributed by atoms with E-state index in [2.05, 4.69) is 4.90 Å². The number of methoxy groups -OCH3 is 1. The van der Waals surface area contributed by atoms with E-state index in [1.54, 1.807) is 12.0 Å². The summed E-state index contributed by atoms with van der Waals surface area (Å²) in [7, 11) is 1.64. The Balaban J connectivity index is 1.66. The van der Waals surface area contributed by atoms with Crippen LogP contribution in [0.2, 0.25) is 0 Å². The van der Waals surface area contributed by atoms with Crippen LogP contribution in [0.3, 0.4) is 0 Å². The molecule has 1 N–H and O–H groups in total. The highest BCUT2D eigenvalue weighted by Gasteiger charge is 2.28. The van der Waals surface area contributed by atoms with Gasteiger partial charge in [0.2, 0.25) is 5.91 Å². The molecule has 2 amide bonds. The standard InChI is InChI=1S/C25H31N3O4/c1-32-21-8-5-19(6-9-21)20-7-10-23(28-11-3-2-4-24(28)30)22(18-20)25(31)27-14-12-26(13-15-27)16-17-29/h5-10,18,29H,2-4,11-17H2,1H3. The first kappa shape index (κ1) is 22.3. The molecule has 32 heavy (non-hydrogen) atoms. The van der Waals surface area contributed by atoms with E-state index in [1.807, 2.05) is 47.4 Å². The Labute approximate surface area is 189 Å². The van der Waals surface area contributed by atoms with Gasteiger partial charge in [-0.3, -0.25) is 14.5 Å². The van der Waals surface area contributed by atoms with Gasteiger partial charge in [-0.05, 0) is 48.2 Å². The zero-order valence-corrected chi connectivity index (χ0v) is 18.6. The molecule has 2 aliphatic rings. The van der Waals surface area contributed by atoms with E-state index >= 15 is 0 Å². The zero-order valence-electron chi connectivity index (χ0n) is 18.6. The third-order valence-electron chi connectivity index (χ3n) is 6.34. The van der Waals surface area contributed by atoms with Gasteiger partial charge in [0.1, 0.15) is 5.75 Å². The maximum absolute atomic E-state index is 13.6. The number of carbonyl (C=O) groups is 2. The predicted molar refractivity (Wildman–Crippen MR) is 124 cm³/mol. The number of benzene rings is 2. The number of piperazine rings is 1. The fourth-order valence-corrected chi connectivity index (χ4v) is 4.45. The van der Waals surface area contributed by atoms with Crippen LogP contribution in [0.25, 0.3) is 11.1 Å². The van der Waals surface area contributed by atoms with Crippen LogP contribution >= 0.6 is 0 Å². The molecule has 0 saturated carbocycles. The molecule has 2 fully saturated rings. The Morgan fingerprint density at radius 2 is 1.69 bits per heavy atom. The molecule has 0 atom stereocenters. The zero-order chi connectivity index (χ0) is 22.5. The van der Waals surface area contributed by atoms with Gasteiger partial charge >= 0.3 is 0 Å². The second-order valence-corrected chi connectivity index (χ2v) is 8.32. The molecular formula is C25H31N3O4. The Morgan fingerprint density at radius 1 is 0.969 bits per heavy atom. The molecule has 170 valence electrons. The Hall–Kier alpha value is -2.90. The first-order valence-corrected chi connectivity index (χ1v) is 11.3. The lowest BCUT2D eigenvalue weighted by molar-refractivity contribution is -0.119. The number of aliphatic hydroxyl groups is 1. The van der Waals surface area contributed by atoms with Crippen molar-refractivity contribution in [3.63, 3.8) is 0 Å². The van der Waals surface area contributed by atoms with E-state index in [1.165, 1.54) is 0 Å². The smallest absolute Gasteiger partial charge is 0.256 e. The average Bonchev–Trinajstić information content (AvgIpc) is 2.84. The van der Waals surface area contributed by atoms with Crippen LogP contribution in [0, 0.1) is 0 Å².